The molecular formula is C16H21ClN2. The number of nitrogens with zero attached hydrogens (tertiary/aromatic N) is 2. The van der Waals surface area contributed by atoms with Crippen LogP contribution >= 0.6 is 11.6 Å². The fraction of sp³-hybridized carbons (Fsp3) is 0.562. The first-order valence-corrected chi connectivity index (χ1v) is 7.33. The lowest BCUT2D eigenvalue weighted by atomic mass is 10.0. The first-order valence-electron chi connectivity index (χ1n) is 6.89. The molecule has 0 spiro atoms. The van der Waals surface area contributed by atoms with Gasteiger partial charge in [-0.25, -0.2) is 4.98 Å². The van der Waals surface area contributed by atoms with Gasteiger partial charge in [-0.15, -0.1) is 11.6 Å². The molecule has 1 fully saturated rings. The molecule has 2 aromatic rings. The van der Waals surface area contributed by atoms with Crippen molar-refractivity contribution >= 4 is 22.6 Å². The third kappa shape index (κ3) is 1.59. The second-order valence-electron chi connectivity index (χ2n) is 6.79. The molecule has 0 bridgehead atoms. The quantitative estimate of drug-likeness (QED) is 0.710. The third-order valence-corrected chi connectivity index (χ3v) is 5.38. The largest absolute Gasteiger partial charge is 0.322 e. The second kappa shape index (κ2) is 3.76. The van der Waals surface area contributed by atoms with Crippen molar-refractivity contribution < 1.29 is 0 Å². The minimum atomic E-state index is -0.0698. The first kappa shape index (κ1) is 13.0. The molecular weight excluding hydrogens is 256 g/mol. The standard InChI is InChI=1S/C16H21ClN2/c1-10(17)13-18-11-8-6-7-9-12(11)19(13)14-15(2,3)16(14,4)5/h6-10,14H,1-5H3. The summed E-state index contributed by atoms with van der Waals surface area (Å²) in [6, 6.07) is 8.78. The Balaban J connectivity index is 2.26. The molecule has 1 aliphatic carbocycles. The smallest absolute Gasteiger partial charge is 0.128 e. The summed E-state index contributed by atoms with van der Waals surface area (Å²) in [4.78, 5) is 4.74. The van der Waals surface area contributed by atoms with E-state index >= 15 is 0 Å². The number of benzene rings is 1. The Bertz CT molecular complexity index is 623. The molecule has 1 saturated carbocycles. The zero-order valence-corrected chi connectivity index (χ0v) is 13.0. The van der Waals surface area contributed by atoms with E-state index in [4.69, 9.17) is 16.6 Å². The highest BCUT2D eigenvalue weighted by Crippen LogP contribution is 2.72. The monoisotopic (exact) mass is 276 g/mol. The second-order valence-corrected chi connectivity index (χ2v) is 7.45. The predicted octanol–water partition coefficient (Wildman–Crippen LogP) is 4.94. The van der Waals surface area contributed by atoms with E-state index in [2.05, 4.69) is 50.5 Å². The van der Waals surface area contributed by atoms with Crippen LogP contribution in [0.1, 0.15) is 51.9 Å². The van der Waals surface area contributed by atoms with Crippen LogP contribution in [0.15, 0.2) is 24.3 Å². The summed E-state index contributed by atoms with van der Waals surface area (Å²) in [5.74, 6) is 0.992. The van der Waals surface area contributed by atoms with E-state index in [0.29, 0.717) is 6.04 Å². The lowest BCUT2D eigenvalue weighted by Crippen LogP contribution is -2.06. The maximum Gasteiger partial charge on any atom is 0.128 e. The van der Waals surface area contributed by atoms with Gasteiger partial charge in [-0.3, -0.25) is 0 Å². The summed E-state index contributed by atoms with van der Waals surface area (Å²) in [5.41, 5.74) is 2.80. The first-order chi connectivity index (χ1) is 8.78. The molecule has 1 aromatic carbocycles. The minimum Gasteiger partial charge on any atom is -0.322 e. The van der Waals surface area contributed by atoms with Crippen molar-refractivity contribution in [3.8, 4) is 0 Å². The molecule has 19 heavy (non-hydrogen) atoms. The number of aromatic nitrogens is 2. The zero-order chi connectivity index (χ0) is 14.0. The van der Waals surface area contributed by atoms with E-state index in [1.807, 2.05) is 13.0 Å². The highest BCUT2D eigenvalue weighted by Gasteiger charge is 2.66. The van der Waals surface area contributed by atoms with Gasteiger partial charge in [-0.2, -0.15) is 0 Å². The molecule has 1 heterocycles. The van der Waals surface area contributed by atoms with Gasteiger partial charge >= 0.3 is 0 Å². The molecule has 0 N–H and O–H groups in total. The van der Waals surface area contributed by atoms with Gasteiger partial charge in [-0.1, -0.05) is 39.8 Å². The Labute approximate surface area is 119 Å². The average Bonchev–Trinajstić information content (AvgIpc) is 2.63. The van der Waals surface area contributed by atoms with Crippen molar-refractivity contribution in [3.63, 3.8) is 0 Å². The molecule has 3 heteroatoms. The van der Waals surface area contributed by atoms with E-state index in [0.717, 1.165) is 11.3 Å². The normalized spacial score (nSPS) is 22.6. The molecule has 0 saturated heterocycles. The molecule has 1 aliphatic rings. The molecule has 0 amide bonds. The van der Waals surface area contributed by atoms with E-state index < -0.39 is 0 Å². The molecule has 0 aliphatic heterocycles. The SMILES string of the molecule is CC(Cl)c1nc2ccccc2n1C1C(C)(C)C1(C)C. The number of imidazole rings is 1. The van der Waals surface area contributed by atoms with Gasteiger partial charge in [0.05, 0.1) is 16.4 Å². The number of alkyl halides is 1. The van der Waals surface area contributed by atoms with Gasteiger partial charge in [0.25, 0.3) is 0 Å². The summed E-state index contributed by atoms with van der Waals surface area (Å²) in [6.07, 6.45) is 0. The third-order valence-electron chi connectivity index (χ3n) is 5.18. The minimum absolute atomic E-state index is 0.0698. The zero-order valence-electron chi connectivity index (χ0n) is 12.2. The maximum atomic E-state index is 6.35. The van der Waals surface area contributed by atoms with Gasteiger partial charge in [0.1, 0.15) is 5.82 Å². The summed E-state index contributed by atoms with van der Waals surface area (Å²) in [5, 5.41) is -0.0698. The van der Waals surface area contributed by atoms with Crippen LogP contribution in [0.4, 0.5) is 0 Å². The van der Waals surface area contributed by atoms with Crippen molar-refractivity contribution in [1.29, 1.82) is 0 Å². The van der Waals surface area contributed by atoms with Gasteiger partial charge < -0.3 is 4.57 Å². The highest BCUT2D eigenvalue weighted by molar-refractivity contribution is 6.20. The van der Waals surface area contributed by atoms with Crippen LogP contribution in [0.3, 0.4) is 0 Å². The van der Waals surface area contributed by atoms with Crippen molar-refractivity contribution in [2.75, 3.05) is 0 Å². The molecule has 0 radical (unpaired) electrons. The fourth-order valence-electron chi connectivity index (χ4n) is 3.42. The molecule has 1 atom stereocenters. The van der Waals surface area contributed by atoms with Crippen LogP contribution in [0.25, 0.3) is 11.0 Å². The summed E-state index contributed by atoms with van der Waals surface area (Å²) < 4.78 is 2.37. The van der Waals surface area contributed by atoms with Crippen LogP contribution in [0, 0.1) is 10.8 Å². The van der Waals surface area contributed by atoms with Crippen LogP contribution < -0.4 is 0 Å². The number of halogens is 1. The number of hydrogen-bond donors (Lipinski definition) is 0. The van der Waals surface area contributed by atoms with Crippen LogP contribution in [0.5, 0.6) is 0 Å². The average molecular weight is 277 g/mol. The molecule has 3 rings (SSSR count). The van der Waals surface area contributed by atoms with Gasteiger partial charge in [0.2, 0.25) is 0 Å². The lowest BCUT2D eigenvalue weighted by molar-refractivity contribution is 0.457. The Kier molecular flexibility index (Phi) is 2.57. The Morgan fingerprint density at radius 1 is 1.16 bits per heavy atom. The number of fused-ring (bicyclic) bond motifs is 1. The lowest BCUT2D eigenvalue weighted by Gasteiger charge is -2.12. The van der Waals surface area contributed by atoms with E-state index in [1.165, 1.54) is 5.52 Å². The number of para-hydroxylation sites is 2. The van der Waals surface area contributed by atoms with E-state index in [9.17, 15) is 0 Å². The van der Waals surface area contributed by atoms with Crippen molar-refractivity contribution in [2.45, 2.75) is 46.0 Å². The van der Waals surface area contributed by atoms with Crippen LogP contribution in [-0.4, -0.2) is 9.55 Å². The summed E-state index contributed by atoms with van der Waals surface area (Å²) >= 11 is 6.35. The molecule has 2 nitrogen and oxygen atoms in total. The van der Waals surface area contributed by atoms with Crippen molar-refractivity contribution in [2.24, 2.45) is 10.8 Å². The Morgan fingerprint density at radius 2 is 1.74 bits per heavy atom. The Morgan fingerprint density at radius 3 is 2.26 bits per heavy atom. The highest BCUT2D eigenvalue weighted by atomic mass is 35.5. The number of hydrogen-bond acceptors (Lipinski definition) is 1. The Hall–Kier alpha value is -1.02. The van der Waals surface area contributed by atoms with Gasteiger partial charge in [-0.05, 0) is 29.9 Å². The van der Waals surface area contributed by atoms with Gasteiger partial charge in [0, 0.05) is 6.04 Å². The van der Waals surface area contributed by atoms with Gasteiger partial charge in [0.15, 0.2) is 0 Å². The fourth-order valence-corrected chi connectivity index (χ4v) is 3.58. The predicted molar refractivity (Wildman–Crippen MR) is 80.6 cm³/mol. The van der Waals surface area contributed by atoms with E-state index in [-0.39, 0.29) is 16.2 Å². The number of rotatable bonds is 2. The molecule has 102 valence electrons. The van der Waals surface area contributed by atoms with Crippen molar-refractivity contribution in [1.82, 2.24) is 9.55 Å². The maximum absolute atomic E-state index is 6.35. The van der Waals surface area contributed by atoms with Crippen molar-refractivity contribution in [3.05, 3.63) is 30.1 Å². The topological polar surface area (TPSA) is 17.8 Å². The van der Waals surface area contributed by atoms with E-state index in [1.54, 1.807) is 0 Å². The summed E-state index contributed by atoms with van der Waals surface area (Å²) in [7, 11) is 0. The van der Waals surface area contributed by atoms with Crippen LogP contribution in [0.2, 0.25) is 0 Å². The molecule has 1 unspecified atom stereocenters. The molecule has 1 aromatic heterocycles. The summed E-state index contributed by atoms with van der Waals surface area (Å²) in [6.45, 7) is 11.3. The van der Waals surface area contributed by atoms with Crippen LogP contribution in [-0.2, 0) is 0 Å².